The van der Waals surface area contributed by atoms with Gasteiger partial charge >= 0.3 is 0 Å². The molecule has 0 aliphatic rings. The molecule has 0 unspecified atom stereocenters. The molecular weight excluding hydrogens is 556 g/mol. The number of hydrogen-bond donors (Lipinski definition) is 0. The van der Waals surface area contributed by atoms with Crippen LogP contribution in [-0.4, -0.2) is 29.2 Å². The lowest BCUT2D eigenvalue weighted by Gasteiger charge is -2.17. The molecule has 0 atom stereocenters. The molecule has 10 aromatic rings. The van der Waals surface area contributed by atoms with E-state index in [1.807, 2.05) is 22.8 Å². The van der Waals surface area contributed by atoms with Crippen LogP contribution in [0.2, 0.25) is 0 Å². The molecule has 7 heteroatoms. The maximum atomic E-state index is 6.55. The highest BCUT2D eigenvalue weighted by Gasteiger charge is 2.18. The number of rotatable bonds is 3. The van der Waals surface area contributed by atoms with Crippen LogP contribution < -0.4 is 0 Å². The van der Waals surface area contributed by atoms with Crippen molar-refractivity contribution in [1.29, 1.82) is 0 Å². The Hall–Kier alpha value is -6.34. The summed E-state index contributed by atoms with van der Waals surface area (Å²) < 4.78 is 10.2. The molecule has 0 radical (unpaired) electrons. The topological polar surface area (TPSA) is 73.5 Å². The van der Waals surface area contributed by atoms with Gasteiger partial charge in [0.2, 0.25) is 0 Å². The predicted octanol–water partition coefficient (Wildman–Crippen LogP) is 8.98. The van der Waals surface area contributed by atoms with E-state index in [9.17, 15) is 0 Å². The minimum Gasteiger partial charge on any atom is -0.456 e. The monoisotopic (exact) mass is 578 g/mol. The largest absolute Gasteiger partial charge is 0.456 e. The number of pyridine rings is 2. The number of benzene rings is 5. The van der Waals surface area contributed by atoms with Gasteiger partial charge in [0, 0.05) is 34.3 Å². The van der Waals surface area contributed by atoms with Crippen molar-refractivity contribution in [1.82, 2.24) is 29.2 Å². The maximum absolute atomic E-state index is 6.55. The SMILES string of the molecule is c1ccc2c(-c3ccc4ncnn4c3)c3ccccc3c(-c3ccc4c(c3)oc3cc(-c5ccc6ncnn6c5)ccc34)c2c1. The fraction of sp³-hybridized carbons (Fsp3) is 0. The van der Waals surface area contributed by atoms with E-state index < -0.39 is 0 Å². The van der Waals surface area contributed by atoms with Gasteiger partial charge in [0.25, 0.3) is 0 Å². The highest BCUT2D eigenvalue weighted by Crippen LogP contribution is 2.44. The van der Waals surface area contributed by atoms with Gasteiger partial charge in [-0.15, -0.1) is 0 Å². The minimum atomic E-state index is 0.820. The van der Waals surface area contributed by atoms with Gasteiger partial charge in [0.15, 0.2) is 11.3 Å². The Morgan fingerprint density at radius 2 is 0.889 bits per heavy atom. The molecule has 10 rings (SSSR count). The fourth-order valence-electron chi connectivity index (χ4n) is 6.81. The molecule has 0 N–H and O–H groups in total. The Kier molecular flexibility index (Phi) is 4.87. The molecule has 45 heavy (non-hydrogen) atoms. The van der Waals surface area contributed by atoms with Crippen LogP contribution in [0.15, 0.2) is 139 Å². The summed E-state index contributed by atoms with van der Waals surface area (Å²) in [6.45, 7) is 0. The number of furan rings is 1. The molecule has 5 aromatic carbocycles. The fourth-order valence-corrected chi connectivity index (χ4v) is 6.81. The quantitative estimate of drug-likeness (QED) is 0.196. The van der Waals surface area contributed by atoms with E-state index in [4.69, 9.17) is 4.42 Å². The standard InChI is InChI=1S/C38H22N6O/c1-3-7-31-29(5-1)37(30-6-2-4-8-32(30)38(31)26-12-16-36-40-22-42-44(36)20-26)24-10-14-28-27-13-9-23(17-33(27)45-34(28)18-24)25-11-15-35-39-21-41-43(35)19-25/h1-22H. The van der Waals surface area contributed by atoms with Crippen molar-refractivity contribution in [2.24, 2.45) is 0 Å². The van der Waals surface area contributed by atoms with Crippen molar-refractivity contribution in [3.8, 4) is 33.4 Å². The summed E-state index contributed by atoms with van der Waals surface area (Å²) in [5, 5.41) is 15.6. The second kappa shape index (κ2) is 9.08. The van der Waals surface area contributed by atoms with Crippen LogP contribution in [0.1, 0.15) is 0 Å². The summed E-state index contributed by atoms with van der Waals surface area (Å²) in [7, 11) is 0. The molecule has 0 aliphatic heterocycles. The summed E-state index contributed by atoms with van der Waals surface area (Å²) in [4.78, 5) is 8.60. The van der Waals surface area contributed by atoms with Crippen molar-refractivity contribution >= 4 is 54.8 Å². The summed E-state index contributed by atoms with van der Waals surface area (Å²) in [6, 6.07) is 38.5. The molecule has 0 saturated heterocycles. The average Bonchev–Trinajstić information content (AvgIpc) is 3.84. The molecule has 7 nitrogen and oxygen atoms in total. The normalized spacial score (nSPS) is 12.0. The van der Waals surface area contributed by atoms with Gasteiger partial charge in [-0.25, -0.2) is 19.0 Å². The van der Waals surface area contributed by atoms with E-state index in [2.05, 4.69) is 123 Å². The van der Waals surface area contributed by atoms with E-state index in [-0.39, 0.29) is 0 Å². The maximum Gasteiger partial charge on any atom is 0.155 e. The molecule has 210 valence electrons. The minimum absolute atomic E-state index is 0.820. The van der Waals surface area contributed by atoms with Crippen molar-refractivity contribution in [3.63, 3.8) is 0 Å². The Labute approximate surface area is 255 Å². The van der Waals surface area contributed by atoms with Crippen LogP contribution in [-0.2, 0) is 0 Å². The van der Waals surface area contributed by atoms with Crippen LogP contribution >= 0.6 is 0 Å². The van der Waals surface area contributed by atoms with E-state index in [0.717, 1.165) is 55.5 Å². The summed E-state index contributed by atoms with van der Waals surface area (Å²) in [5.41, 5.74) is 10.1. The molecule has 0 spiro atoms. The first-order chi connectivity index (χ1) is 22.3. The first-order valence-corrected chi connectivity index (χ1v) is 14.8. The number of fused-ring (bicyclic) bond motifs is 7. The third-order valence-electron chi connectivity index (χ3n) is 8.86. The van der Waals surface area contributed by atoms with E-state index >= 15 is 0 Å². The molecular formula is C38H22N6O. The van der Waals surface area contributed by atoms with Crippen LogP contribution in [0.25, 0.3) is 88.2 Å². The van der Waals surface area contributed by atoms with Crippen LogP contribution in [0.4, 0.5) is 0 Å². The van der Waals surface area contributed by atoms with Crippen molar-refractivity contribution in [3.05, 3.63) is 134 Å². The first kappa shape index (κ1) is 24.1. The average molecular weight is 579 g/mol. The summed E-state index contributed by atoms with van der Waals surface area (Å²) in [5.74, 6) is 0. The highest BCUT2D eigenvalue weighted by molar-refractivity contribution is 6.22. The van der Waals surface area contributed by atoms with Crippen LogP contribution in [0.3, 0.4) is 0 Å². The molecule has 0 aliphatic carbocycles. The van der Waals surface area contributed by atoms with Gasteiger partial charge in [-0.2, -0.15) is 10.2 Å². The van der Waals surface area contributed by atoms with Gasteiger partial charge in [0.1, 0.15) is 23.8 Å². The zero-order valence-corrected chi connectivity index (χ0v) is 23.8. The first-order valence-electron chi connectivity index (χ1n) is 14.8. The van der Waals surface area contributed by atoms with Crippen molar-refractivity contribution in [2.75, 3.05) is 0 Å². The summed E-state index contributed by atoms with van der Waals surface area (Å²) >= 11 is 0. The summed E-state index contributed by atoms with van der Waals surface area (Å²) in [6.07, 6.45) is 7.21. The number of hydrogen-bond acceptors (Lipinski definition) is 5. The van der Waals surface area contributed by atoms with Gasteiger partial charge in [0.05, 0.1) is 0 Å². The number of aromatic nitrogens is 6. The van der Waals surface area contributed by atoms with Gasteiger partial charge in [-0.05, 0) is 92.3 Å². The lowest BCUT2D eigenvalue weighted by atomic mass is 9.86. The Balaban J connectivity index is 1.18. The molecule has 0 fully saturated rings. The third-order valence-corrected chi connectivity index (χ3v) is 8.86. The second-order valence-electron chi connectivity index (χ2n) is 11.3. The van der Waals surface area contributed by atoms with Crippen LogP contribution in [0, 0.1) is 0 Å². The third kappa shape index (κ3) is 3.58. The Morgan fingerprint density at radius 1 is 0.422 bits per heavy atom. The Bertz CT molecular complexity index is 2730. The Morgan fingerprint density at radius 3 is 1.49 bits per heavy atom. The lowest BCUT2D eigenvalue weighted by molar-refractivity contribution is 0.669. The van der Waals surface area contributed by atoms with E-state index in [1.54, 1.807) is 17.2 Å². The zero-order chi connectivity index (χ0) is 29.5. The van der Waals surface area contributed by atoms with Gasteiger partial charge in [-0.1, -0.05) is 60.7 Å². The number of nitrogens with zero attached hydrogens (tertiary/aromatic N) is 6. The van der Waals surface area contributed by atoms with E-state index in [1.165, 1.54) is 32.7 Å². The molecule has 0 saturated carbocycles. The zero-order valence-electron chi connectivity index (χ0n) is 23.8. The van der Waals surface area contributed by atoms with E-state index in [0.29, 0.717) is 0 Å². The molecule has 0 amide bonds. The predicted molar refractivity (Wildman–Crippen MR) is 178 cm³/mol. The molecule has 0 bridgehead atoms. The molecule has 5 aromatic heterocycles. The van der Waals surface area contributed by atoms with Crippen molar-refractivity contribution in [2.45, 2.75) is 0 Å². The lowest BCUT2D eigenvalue weighted by Crippen LogP contribution is -1.93. The van der Waals surface area contributed by atoms with Crippen LogP contribution in [0.5, 0.6) is 0 Å². The van der Waals surface area contributed by atoms with Crippen molar-refractivity contribution < 1.29 is 4.42 Å². The molecule has 5 heterocycles. The smallest absolute Gasteiger partial charge is 0.155 e. The van der Waals surface area contributed by atoms with Gasteiger partial charge < -0.3 is 4.42 Å². The second-order valence-corrected chi connectivity index (χ2v) is 11.3. The van der Waals surface area contributed by atoms with Gasteiger partial charge in [-0.3, -0.25) is 0 Å². The highest BCUT2D eigenvalue weighted by atomic mass is 16.3.